The molecule has 78 valence electrons. The first-order valence-electron chi connectivity index (χ1n) is 4.85. The standard InChI is InChI=1S/C14H14Xe/c1-15(14-10-6-3-7-11-14)12-13-8-4-2-5-9-13/h2-11H,1,12H2. The van der Waals surface area contributed by atoms with Gasteiger partial charge in [0.05, 0.1) is 0 Å². The Morgan fingerprint density at radius 1 is 0.800 bits per heavy atom. The fourth-order valence-electron chi connectivity index (χ4n) is 1.38. The molecule has 0 spiro atoms. The van der Waals surface area contributed by atoms with Gasteiger partial charge in [-0.05, 0) is 0 Å². The zero-order chi connectivity index (χ0) is 10.5. The Morgan fingerprint density at radius 3 is 1.93 bits per heavy atom. The van der Waals surface area contributed by atoms with E-state index in [0.29, 0.717) is 0 Å². The topological polar surface area (TPSA) is 0 Å². The maximum atomic E-state index is 4.35. The molecule has 0 aliphatic heterocycles. The third-order valence-electron chi connectivity index (χ3n) is 2.15. The van der Waals surface area contributed by atoms with Crippen LogP contribution in [0, 0.1) is 41.3 Å². The Labute approximate surface area is 108 Å². The minimum absolute atomic E-state index is 1.08. The van der Waals surface area contributed by atoms with Crippen LogP contribution in [0.15, 0.2) is 60.7 Å². The first-order valence-corrected chi connectivity index (χ1v) is 8.71. The number of rotatable bonds is 3. The van der Waals surface area contributed by atoms with E-state index in [1.807, 2.05) is 0 Å². The summed E-state index contributed by atoms with van der Waals surface area (Å²) in [5.74, 6) is 0. The van der Waals surface area contributed by atoms with Crippen molar-refractivity contribution < 1.29 is 41.3 Å². The normalized spacial score (nSPS) is 11.1. The quantitative estimate of drug-likeness (QED) is 0.817. The van der Waals surface area contributed by atoms with Crippen molar-refractivity contribution in [1.82, 2.24) is 0 Å². The molecular weight excluding hydrogens is 299 g/mol. The molecule has 0 N–H and O–H groups in total. The molecule has 2 aromatic rings. The second-order valence-electron chi connectivity index (χ2n) is 3.32. The minimum atomic E-state index is -1.08. The molecule has 0 nitrogen and oxygen atoms in total. The molecule has 0 atom stereocenters. The van der Waals surface area contributed by atoms with E-state index in [0.717, 1.165) is 0.889 Å². The zero-order valence-electron chi connectivity index (χ0n) is 8.54. The van der Waals surface area contributed by atoms with Crippen LogP contribution < -0.4 is 0.0314 Å². The van der Waals surface area contributed by atoms with Crippen molar-refractivity contribution in [2.45, 2.75) is 0.889 Å². The van der Waals surface area contributed by atoms with Gasteiger partial charge in [-0.1, -0.05) is 0 Å². The van der Waals surface area contributed by atoms with Gasteiger partial charge in [-0.2, -0.15) is 0 Å². The van der Waals surface area contributed by atoms with E-state index in [9.17, 15) is 0 Å². The third kappa shape index (κ3) is 3.44. The predicted molar refractivity (Wildman–Crippen MR) is 63.3 cm³/mol. The summed E-state index contributed by atoms with van der Waals surface area (Å²) in [5.41, 5.74) is 1.41. The van der Waals surface area contributed by atoms with Gasteiger partial charge in [-0.25, -0.2) is 0 Å². The van der Waals surface area contributed by atoms with E-state index in [1.165, 1.54) is 5.59 Å². The van der Waals surface area contributed by atoms with E-state index in [4.69, 9.17) is 0 Å². The number of benzene rings is 2. The Bertz CT molecular complexity index is 431. The van der Waals surface area contributed by atoms with Crippen LogP contribution in [0.2, 0.25) is 0 Å². The molecule has 0 unspecified atom stereocenters. The summed E-state index contributed by atoms with van der Waals surface area (Å²) in [6, 6.07) is 21.3. The van der Waals surface area contributed by atoms with E-state index in [-0.39, 0.29) is 0 Å². The van der Waals surface area contributed by atoms with Crippen LogP contribution in [-0.2, 0) is 0.889 Å². The van der Waals surface area contributed by atoms with Crippen molar-refractivity contribution in [3.05, 3.63) is 66.2 Å². The SMILES string of the molecule is C=[Xe](Cc1ccccc1)c1ccccc1. The maximum absolute atomic E-state index is 4.35. The fraction of sp³-hybridized carbons (Fsp3) is 0.0714. The van der Waals surface area contributed by atoms with Gasteiger partial charge in [0.1, 0.15) is 0 Å². The van der Waals surface area contributed by atoms with Gasteiger partial charge >= 0.3 is 109 Å². The van der Waals surface area contributed by atoms with Gasteiger partial charge in [0.15, 0.2) is 0 Å². The number of hydrogen-bond donors (Lipinski definition) is 0. The summed E-state index contributed by atoms with van der Waals surface area (Å²) in [6.07, 6.45) is 0. The second kappa shape index (κ2) is 5.83. The Morgan fingerprint density at radius 2 is 1.33 bits per heavy atom. The average Bonchev–Trinajstić information content (AvgIpc) is 2.31. The average molecular weight is 314 g/mol. The van der Waals surface area contributed by atoms with Gasteiger partial charge < -0.3 is 0 Å². The Balaban J connectivity index is 2.12. The van der Waals surface area contributed by atoms with Gasteiger partial charge in [-0.15, -0.1) is 0 Å². The molecule has 1 heteroatoms. The van der Waals surface area contributed by atoms with Crippen LogP contribution in [0.25, 0.3) is 0 Å². The van der Waals surface area contributed by atoms with Crippen molar-refractivity contribution >= 4 is 0.980 Å². The molecule has 15 heavy (non-hydrogen) atoms. The molecule has 2 aromatic carbocycles. The Kier molecular flexibility index (Phi) is 4.42. The van der Waals surface area contributed by atoms with Crippen molar-refractivity contribution in [2.24, 2.45) is 0 Å². The van der Waals surface area contributed by atoms with E-state index < -0.39 is 41.3 Å². The van der Waals surface area contributed by atoms with Crippen LogP contribution >= 0.6 is 0 Å². The first kappa shape index (κ1) is 11.4. The summed E-state index contributed by atoms with van der Waals surface area (Å²) in [7, 11) is 0. The van der Waals surface area contributed by atoms with Crippen LogP contribution in [0.1, 0.15) is 5.56 Å². The zero-order valence-corrected chi connectivity index (χ0v) is 10.6. The van der Waals surface area contributed by atoms with Crippen LogP contribution in [-0.4, -0.2) is 0.949 Å². The van der Waals surface area contributed by atoms with E-state index >= 15 is 0 Å². The molecule has 0 saturated carbocycles. The summed E-state index contributed by atoms with van der Waals surface area (Å²) in [4.78, 5) is 0. The van der Waals surface area contributed by atoms with E-state index in [2.05, 4.69) is 61.6 Å². The molecule has 0 aliphatic carbocycles. The number of hydrogen-bond acceptors (Lipinski definition) is 0. The van der Waals surface area contributed by atoms with Gasteiger partial charge in [0.2, 0.25) is 0 Å². The van der Waals surface area contributed by atoms with Crippen molar-refractivity contribution in [3.8, 4) is 0 Å². The summed E-state index contributed by atoms with van der Waals surface area (Å²) in [6.45, 7) is 0. The monoisotopic (exact) mass is 314 g/mol. The van der Waals surface area contributed by atoms with Gasteiger partial charge in [-0.3, -0.25) is 0 Å². The predicted octanol–water partition coefficient (Wildman–Crippen LogP) is 2.56. The molecule has 0 fully saturated rings. The molecule has 0 radical (unpaired) electrons. The van der Waals surface area contributed by atoms with Crippen LogP contribution in [0.4, 0.5) is 0 Å². The van der Waals surface area contributed by atoms with Crippen LogP contribution in [0.5, 0.6) is 0 Å². The molecular formula is C14H14Xe. The fourth-order valence-corrected chi connectivity index (χ4v) is 4.61. The molecule has 0 saturated heterocycles. The first-order chi connectivity index (χ1) is 7.36. The van der Waals surface area contributed by atoms with Crippen molar-refractivity contribution in [1.29, 1.82) is 0 Å². The summed E-state index contributed by atoms with van der Waals surface area (Å²) < 4.78 is 6.95. The second-order valence-corrected chi connectivity index (χ2v) is 7.63. The van der Waals surface area contributed by atoms with Crippen molar-refractivity contribution in [3.63, 3.8) is 0 Å². The summed E-state index contributed by atoms with van der Waals surface area (Å²) >= 11 is -1.08. The molecule has 0 bridgehead atoms. The van der Waals surface area contributed by atoms with Gasteiger partial charge in [0, 0.05) is 0 Å². The third-order valence-corrected chi connectivity index (χ3v) is 6.16. The molecule has 2 rings (SSSR count). The molecule has 0 amide bonds. The van der Waals surface area contributed by atoms with E-state index in [1.54, 1.807) is 0 Å². The Hall–Kier alpha value is -0.119. The molecule has 0 aromatic heterocycles. The van der Waals surface area contributed by atoms with Gasteiger partial charge in [0.25, 0.3) is 0 Å². The molecule has 0 aliphatic rings. The van der Waals surface area contributed by atoms with Crippen LogP contribution in [0.3, 0.4) is 0 Å². The summed E-state index contributed by atoms with van der Waals surface area (Å²) in [5, 5.41) is 0. The van der Waals surface area contributed by atoms with Crippen molar-refractivity contribution in [2.75, 3.05) is 0 Å². The molecule has 0 heterocycles.